The van der Waals surface area contributed by atoms with E-state index in [0.29, 0.717) is 0 Å². The van der Waals surface area contributed by atoms with Crippen LogP contribution in [0.5, 0.6) is 0 Å². The third kappa shape index (κ3) is 1.92. The molecule has 1 aromatic rings. The van der Waals surface area contributed by atoms with E-state index >= 15 is 0 Å². The van der Waals surface area contributed by atoms with Crippen molar-refractivity contribution in [3.05, 3.63) is 40.4 Å². The molecule has 0 radical (unpaired) electrons. The molecule has 3 heteroatoms. The van der Waals surface area contributed by atoms with E-state index in [4.69, 9.17) is 0 Å². The van der Waals surface area contributed by atoms with Crippen LogP contribution in [0.4, 0.5) is 0 Å². The van der Waals surface area contributed by atoms with Crippen molar-refractivity contribution in [3.63, 3.8) is 0 Å². The van der Waals surface area contributed by atoms with Crippen molar-refractivity contribution in [1.82, 2.24) is 5.32 Å². The van der Waals surface area contributed by atoms with Gasteiger partial charge in [0.2, 0.25) is 0 Å². The molecule has 1 aromatic carbocycles. The summed E-state index contributed by atoms with van der Waals surface area (Å²) in [5.41, 5.74) is 1.80. The highest BCUT2D eigenvalue weighted by Crippen LogP contribution is 2.33. The highest BCUT2D eigenvalue weighted by atomic mass is 32.2. The zero-order valence-electron chi connectivity index (χ0n) is 8.83. The van der Waals surface area contributed by atoms with Crippen LogP contribution >= 0.6 is 11.8 Å². The Kier molecular flexibility index (Phi) is 2.82. The van der Waals surface area contributed by atoms with E-state index in [2.05, 4.69) is 12.2 Å². The number of carbonyl (C=O) groups is 1. The van der Waals surface area contributed by atoms with E-state index in [-0.39, 0.29) is 5.91 Å². The topological polar surface area (TPSA) is 29.1 Å². The summed E-state index contributed by atoms with van der Waals surface area (Å²) < 4.78 is 0. The van der Waals surface area contributed by atoms with Crippen molar-refractivity contribution < 1.29 is 4.79 Å². The molecule has 0 aromatic heterocycles. The minimum Gasteiger partial charge on any atom is -0.325 e. The van der Waals surface area contributed by atoms with E-state index in [1.54, 1.807) is 11.8 Å². The molecule has 1 aliphatic heterocycles. The normalized spacial score (nSPS) is 15.7. The third-order valence-electron chi connectivity index (χ3n) is 2.44. The lowest BCUT2D eigenvalue weighted by molar-refractivity contribution is 0.0962. The van der Waals surface area contributed by atoms with Crippen LogP contribution in [-0.4, -0.2) is 5.91 Å². The van der Waals surface area contributed by atoms with E-state index in [1.807, 2.05) is 31.2 Å². The first-order valence-electron chi connectivity index (χ1n) is 5.00. The van der Waals surface area contributed by atoms with Gasteiger partial charge in [-0.05, 0) is 25.5 Å². The van der Waals surface area contributed by atoms with Gasteiger partial charge in [0.05, 0.1) is 5.56 Å². The minimum atomic E-state index is 0.00630. The molecular weight excluding hydrogens is 206 g/mol. The number of carbonyl (C=O) groups excluding carboxylic acids is 1. The lowest BCUT2D eigenvalue weighted by atomic mass is 10.2. The molecular formula is C12H13NOS. The van der Waals surface area contributed by atoms with Crippen molar-refractivity contribution in [2.75, 3.05) is 0 Å². The summed E-state index contributed by atoms with van der Waals surface area (Å²) in [6, 6.07) is 7.71. The van der Waals surface area contributed by atoms with Crippen LogP contribution in [-0.2, 0) is 0 Å². The predicted octanol–water partition coefficient (Wildman–Crippen LogP) is 3.16. The summed E-state index contributed by atoms with van der Waals surface area (Å²) in [4.78, 5) is 14.1. The average molecular weight is 219 g/mol. The SMILES string of the molecule is CCC1=C(C)Sc2ccccc2C(=O)N1. The monoisotopic (exact) mass is 219 g/mol. The molecule has 0 atom stereocenters. The Balaban J connectivity index is 2.48. The van der Waals surface area contributed by atoms with Gasteiger partial charge in [0.1, 0.15) is 0 Å². The molecule has 0 bridgehead atoms. The number of thioether (sulfide) groups is 1. The van der Waals surface area contributed by atoms with E-state index in [9.17, 15) is 4.79 Å². The Morgan fingerprint density at radius 1 is 1.33 bits per heavy atom. The molecule has 1 aliphatic rings. The molecule has 1 N–H and O–H groups in total. The highest BCUT2D eigenvalue weighted by Gasteiger charge is 2.18. The van der Waals surface area contributed by atoms with Crippen molar-refractivity contribution in [2.24, 2.45) is 0 Å². The van der Waals surface area contributed by atoms with Crippen LogP contribution in [0.15, 0.2) is 39.8 Å². The first-order valence-corrected chi connectivity index (χ1v) is 5.82. The molecule has 0 saturated carbocycles. The second kappa shape index (κ2) is 4.11. The number of hydrogen-bond acceptors (Lipinski definition) is 2. The minimum absolute atomic E-state index is 0.00630. The lowest BCUT2D eigenvalue weighted by Gasteiger charge is -2.06. The van der Waals surface area contributed by atoms with Crippen LogP contribution in [0.1, 0.15) is 30.6 Å². The summed E-state index contributed by atoms with van der Waals surface area (Å²) >= 11 is 1.67. The number of fused-ring (bicyclic) bond motifs is 1. The molecule has 15 heavy (non-hydrogen) atoms. The van der Waals surface area contributed by atoms with E-state index < -0.39 is 0 Å². The third-order valence-corrected chi connectivity index (χ3v) is 3.57. The van der Waals surface area contributed by atoms with Gasteiger partial charge in [0.25, 0.3) is 5.91 Å². The molecule has 0 aliphatic carbocycles. The van der Waals surface area contributed by atoms with Crippen LogP contribution in [0.2, 0.25) is 0 Å². The second-order valence-corrected chi connectivity index (χ2v) is 4.70. The van der Waals surface area contributed by atoms with Gasteiger partial charge in [-0.2, -0.15) is 0 Å². The Morgan fingerprint density at radius 2 is 2.07 bits per heavy atom. The Hall–Kier alpha value is -1.22. The zero-order valence-corrected chi connectivity index (χ0v) is 9.65. The summed E-state index contributed by atoms with van der Waals surface area (Å²) in [6.45, 7) is 4.10. The largest absolute Gasteiger partial charge is 0.325 e. The summed E-state index contributed by atoms with van der Waals surface area (Å²) in [6.07, 6.45) is 0.860. The van der Waals surface area contributed by atoms with Gasteiger partial charge in [0.15, 0.2) is 0 Å². The number of allylic oxidation sites excluding steroid dienone is 2. The van der Waals surface area contributed by atoms with E-state index in [1.165, 1.54) is 4.91 Å². The highest BCUT2D eigenvalue weighted by molar-refractivity contribution is 8.03. The molecule has 0 unspecified atom stereocenters. The van der Waals surface area contributed by atoms with Gasteiger partial charge in [0, 0.05) is 15.5 Å². The zero-order chi connectivity index (χ0) is 10.8. The maximum Gasteiger partial charge on any atom is 0.256 e. The molecule has 1 amide bonds. The Morgan fingerprint density at radius 3 is 2.80 bits per heavy atom. The van der Waals surface area contributed by atoms with Crippen molar-refractivity contribution >= 4 is 17.7 Å². The first kappa shape index (κ1) is 10.3. The number of nitrogens with one attached hydrogen (secondary N) is 1. The van der Waals surface area contributed by atoms with Crippen LogP contribution in [0.25, 0.3) is 0 Å². The predicted molar refractivity (Wildman–Crippen MR) is 62.8 cm³/mol. The van der Waals surface area contributed by atoms with Crippen molar-refractivity contribution in [1.29, 1.82) is 0 Å². The van der Waals surface area contributed by atoms with Gasteiger partial charge in [-0.3, -0.25) is 4.79 Å². The van der Waals surface area contributed by atoms with Crippen LogP contribution in [0.3, 0.4) is 0 Å². The van der Waals surface area contributed by atoms with Crippen molar-refractivity contribution in [3.8, 4) is 0 Å². The smallest absolute Gasteiger partial charge is 0.256 e. The number of hydrogen-bond donors (Lipinski definition) is 1. The molecule has 2 nitrogen and oxygen atoms in total. The fraction of sp³-hybridized carbons (Fsp3) is 0.250. The standard InChI is InChI=1S/C12H13NOS/c1-3-10-8(2)15-11-7-5-4-6-9(11)12(14)13-10/h4-7H,3H2,1-2H3,(H,13,14). The quantitative estimate of drug-likeness (QED) is 0.786. The van der Waals surface area contributed by atoms with Gasteiger partial charge in [-0.15, -0.1) is 0 Å². The van der Waals surface area contributed by atoms with Gasteiger partial charge in [-0.1, -0.05) is 30.8 Å². The van der Waals surface area contributed by atoms with Gasteiger partial charge >= 0.3 is 0 Å². The summed E-state index contributed by atoms with van der Waals surface area (Å²) in [7, 11) is 0. The molecule has 78 valence electrons. The molecule has 0 fully saturated rings. The number of amides is 1. The Bertz CT molecular complexity index is 437. The number of rotatable bonds is 1. The molecule has 0 spiro atoms. The maximum atomic E-state index is 11.9. The van der Waals surface area contributed by atoms with Crippen LogP contribution < -0.4 is 5.32 Å². The van der Waals surface area contributed by atoms with Crippen LogP contribution in [0, 0.1) is 0 Å². The molecule has 2 rings (SSSR count). The molecule has 0 saturated heterocycles. The summed E-state index contributed by atoms with van der Waals surface area (Å²) in [5.74, 6) is 0.00630. The Labute approximate surface area is 93.8 Å². The fourth-order valence-corrected chi connectivity index (χ4v) is 2.67. The average Bonchev–Trinajstić information content (AvgIpc) is 2.37. The van der Waals surface area contributed by atoms with Gasteiger partial charge < -0.3 is 5.32 Å². The van der Waals surface area contributed by atoms with Gasteiger partial charge in [-0.25, -0.2) is 0 Å². The van der Waals surface area contributed by atoms with E-state index in [0.717, 1.165) is 22.6 Å². The maximum absolute atomic E-state index is 11.9. The second-order valence-electron chi connectivity index (χ2n) is 3.44. The first-order chi connectivity index (χ1) is 7.22. The lowest BCUT2D eigenvalue weighted by Crippen LogP contribution is -2.22. The molecule has 1 heterocycles. The summed E-state index contributed by atoms with van der Waals surface area (Å²) in [5, 5.41) is 2.95. The van der Waals surface area contributed by atoms with Crippen molar-refractivity contribution in [2.45, 2.75) is 25.2 Å². The number of benzene rings is 1. The fourth-order valence-electron chi connectivity index (χ4n) is 1.60.